The molecule has 2 heterocycles. The number of amides is 1. The Balaban J connectivity index is 1.32. The van der Waals surface area contributed by atoms with Gasteiger partial charge in [0.2, 0.25) is 0 Å². The predicted octanol–water partition coefficient (Wildman–Crippen LogP) is 6.70. The number of piperidine rings is 1. The lowest BCUT2D eigenvalue weighted by molar-refractivity contribution is -0.274. The summed E-state index contributed by atoms with van der Waals surface area (Å²) >= 11 is 0. The molecule has 1 aliphatic carbocycles. The van der Waals surface area contributed by atoms with Crippen molar-refractivity contribution in [2.24, 2.45) is 5.92 Å². The molecule has 1 saturated carbocycles. The van der Waals surface area contributed by atoms with Gasteiger partial charge >= 0.3 is 12.5 Å². The van der Waals surface area contributed by atoms with Crippen LogP contribution in [0, 0.1) is 11.7 Å². The first-order valence-electron chi connectivity index (χ1n) is 13.5. The van der Waals surface area contributed by atoms with Crippen molar-refractivity contribution in [2.45, 2.75) is 75.9 Å². The highest BCUT2D eigenvalue weighted by atomic mass is 19.4. The molecular formula is C29H34F4N2O3. The number of nitrogens with zero attached hydrogens (tertiary/aromatic N) is 2. The number of carbonyl (C=O) groups excluding carboxylic acids is 1. The fourth-order valence-electron chi connectivity index (χ4n) is 6.30. The number of hydrogen-bond donors (Lipinski definition) is 0. The molecule has 2 aromatic carbocycles. The molecule has 3 fully saturated rings. The molecule has 38 heavy (non-hydrogen) atoms. The second-order valence-electron chi connectivity index (χ2n) is 10.9. The van der Waals surface area contributed by atoms with Gasteiger partial charge in [-0.05, 0) is 60.6 Å². The summed E-state index contributed by atoms with van der Waals surface area (Å²) < 4.78 is 61.3. The van der Waals surface area contributed by atoms with Crippen molar-refractivity contribution in [3.05, 3.63) is 65.5 Å². The Bertz CT molecular complexity index is 1080. The van der Waals surface area contributed by atoms with Gasteiger partial charge in [0, 0.05) is 39.0 Å². The molecule has 2 aliphatic heterocycles. The minimum absolute atomic E-state index is 0.199. The number of alkyl halides is 3. The molecule has 0 aromatic heterocycles. The largest absolute Gasteiger partial charge is 0.573 e. The Hall–Kier alpha value is -2.81. The zero-order chi connectivity index (χ0) is 26.8. The molecule has 3 aliphatic rings. The molecule has 0 radical (unpaired) electrons. The van der Waals surface area contributed by atoms with E-state index in [4.69, 9.17) is 4.74 Å². The van der Waals surface area contributed by atoms with Crippen molar-refractivity contribution in [3.8, 4) is 5.75 Å². The van der Waals surface area contributed by atoms with Crippen LogP contribution in [-0.4, -0.2) is 53.5 Å². The third-order valence-electron chi connectivity index (χ3n) is 8.30. The lowest BCUT2D eigenvalue weighted by Gasteiger charge is -2.43. The van der Waals surface area contributed by atoms with Crippen molar-refractivity contribution >= 4 is 6.09 Å². The Morgan fingerprint density at radius 2 is 1.55 bits per heavy atom. The van der Waals surface area contributed by atoms with Gasteiger partial charge in [0.25, 0.3) is 0 Å². The quantitative estimate of drug-likeness (QED) is 0.371. The molecule has 1 atom stereocenters. The van der Waals surface area contributed by atoms with Crippen LogP contribution in [0.25, 0.3) is 0 Å². The molecule has 5 rings (SSSR count). The Labute approximate surface area is 220 Å². The van der Waals surface area contributed by atoms with Crippen LogP contribution in [0.5, 0.6) is 5.75 Å². The van der Waals surface area contributed by atoms with Crippen molar-refractivity contribution in [1.82, 2.24) is 9.80 Å². The summed E-state index contributed by atoms with van der Waals surface area (Å²) in [6, 6.07) is 11.6. The Morgan fingerprint density at radius 1 is 0.921 bits per heavy atom. The maximum atomic E-state index is 13.6. The van der Waals surface area contributed by atoms with E-state index in [2.05, 4.69) is 9.64 Å². The van der Waals surface area contributed by atoms with Crippen LogP contribution in [0.2, 0.25) is 0 Å². The van der Waals surface area contributed by atoms with E-state index in [-0.39, 0.29) is 24.2 Å². The molecule has 206 valence electrons. The Kier molecular flexibility index (Phi) is 7.84. The predicted molar refractivity (Wildman–Crippen MR) is 134 cm³/mol. The maximum absolute atomic E-state index is 13.6. The van der Waals surface area contributed by atoms with E-state index in [0.717, 1.165) is 31.1 Å². The van der Waals surface area contributed by atoms with E-state index in [9.17, 15) is 22.4 Å². The minimum atomic E-state index is -4.77. The average Bonchev–Trinajstić information content (AvgIpc) is 3.13. The number of benzene rings is 2. The first-order valence-corrected chi connectivity index (χ1v) is 13.5. The SMILES string of the molecule is O=C1OC2(CCN(CC3CCCCC3)CC2)C(Cc2ccc(F)cc2)N1Cc1ccc(OC(F)(F)F)cc1. The topological polar surface area (TPSA) is 42.0 Å². The lowest BCUT2D eigenvalue weighted by Crippen LogP contribution is -2.54. The fourth-order valence-corrected chi connectivity index (χ4v) is 6.30. The molecular weight excluding hydrogens is 500 g/mol. The summed E-state index contributed by atoms with van der Waals surface area (Å²) in [5.74, 6) is 0.103. The van der Waals surface area contributed by atoms with Gasteiger partial charge in [0.15, 0.2) is 0 Å². The molecule has 2 aromatic rings. The summed E-state index contributed by atoms with van der Waals surface area (Å²) in [7, 11) is 0. The van der Waals surface area contributed by atoms with Crippen LogP contribution in [-0.2, 0) is 17.7 Å². The monoisotopic (exact) mass is 534 g/mol. The van der Waals surface area contributed by atoms with Crippen molar-refractivity contribution < 1.29 is 31.8 Å². The number of halogens is 4. The van der Waals surface area contributed by atoms with Gasteiger partial charge in [-0.3, -0.25) is 4.90 Å². The average molecular weight is 535 g/mol. The van der Waals surface area contributed by atoms with Gasteiger partial charge < -0.3 is 14.4 Å². The highest BCUT2D eigenvalue weighted by Crippen LogP contribution is 2.41. The third kappa shape index (κ3) is 6.42. The zero-order valence-corrected chi connectivity index (χ0v) is 21.4. The molecule has 0 bridgehead atoms. The molecule has 0 N–H and O–H groups in total. The summed E-state index contributed by atoms with van der Waals surface area (Å²) in [5, 5.41) is 0. The number of rotatable bonds is 7. The second-order valence-corrected chi connectivity index (χ2v) is 10.9. The molecule has 2 saturated heterocycles. The standard InChI is InChI=1S/C29H34F4N2O3/c30-24-10-6-21(7-11-24)18-26-28(14-16-34(17-15-28)19-22-4-2-1-3-5-22)38-27(36)35(26)20-23-8-12-25(13-9-23)37-29(31,32)33/h6-13,22,26H,1-5,14-20H2. The van der Waals surface area contributed by atoms with Gasteiger partial charge in [0.05, 0.1) is 6.04 Å². The molecule has 1 unspecified atom stereocenters. The molecule has 1 spiro atoms. The Morgan fingerprint density at radius 3 is 2.18 bits per heavy atom. The van der Waals surface area contributed by atoms with E-state index in [0.29, 0.717) is 24.8 Å². The first kappa shape index (κ1) is 26.8. The van der Waals surface area contributed by atoms with Crippen LogP contribution in [0.1, 0.15) is 56.1 Å². The highest BCUT2D eigenvalue weighted by molar-refractivity contribution is 5.72. The summed E-state index contributed by atoms with van der Waals surface area (Å²) in [6.45, 7) is 2.98. The van der Waals surface area contributed by atoms with Crippen LogP contribution in [0.15, 0.2) is 48.5 Å². The number of carbonyl (C=O) groups is 1. The first-order chi connectivity index (χ1) is 18.2. The van der Waals surface area contributed by atoms with Crippen LogP contribution in [0.4, 0.5) is 22.4 Å². The van der Waals surface area contributed by atoms with Gasteiger partial charge in [-0.25, -0.2) is 9.18 Å². The van der Waals surface area contributed by atoms with Crippen LogP contribution < -0.4 is 4.74 Å². The maximum Gasteiger partial charge on any atom is 0.573 e. The van der Waals surface area contributed by atoms with Crippen molar-refractivity contribution in [2.75, 3.05) is 19.6 Å². The molecule has 5 nitrogen and oxygen atoms in total. The number of likely N-dealkylation sites (tertiary alicyclic amines) is 1. The molecule has 1 amide bonds. The second kappa shape index (κ2) is 11.1. The third-order valence-corrected chi connectivity index (χ3v) is 8.30. The van der Waals surface area contributed by atoms with E-state index in [1.165, 1.54) is 68.5 Å². The zero-order valence-electron chi connectivity index (χ0n) is 21.4. The van der Waals surface area contributed by atoms with Gasteiger partial charge in [-0.15, -0.1) is 13.2 Å². The summed E-state index contributed by atoms with van der Waals surface area (Å²) in [5.41, 5.74) is 0.915. The molecule has 9 heteroatoms. The highest BCUT2D eigenvalue weighted by Gasteiger charge is 2.54. The fraction of sp³-hybridized carbons (Fsp3) is 0.552. The van der Waals surface area contributed by atoms with E-state index in [1.807, 2.05) is 0 Å². The summed E-state index contributed by atoms with van der Waals surface area (Å²) in [6.07, 6.45) is 3.24. The van der Waals surface area contributed by atoms with Gasteiger partial charge in [-0.2, -0.15) is 0 Å². The van der Waals surface area contributed by atoms with E-state index >= 15 is 0 Å². The van der Waals surface area contributed by atoms with Gasteiger partial charge in [-0.1, -0.05) is 43.5 Å². The van der Waals surface area contributed by atoms with Crippen LogP contribution >= 0.6 is 0 Å². The lowest BCUT2D eigenvalue weighted by atomic mass is 9.80. The van der Waals surface area contributed by atoms with Crippen molar-refractivity contribution in [1.29, 1.82) is 0 Å². The van der Waals surface area contributed by atoms with E-state index < -0.39 is 18.1 Å². The van der Waals surface area contributed by atoms with Gasteiger partial charge in [0.1, 0.15) is 17.2 Å². The summed E-state index contributed by atoms with van der Waals surface area (Å²) in [4.78, 5) is 17.4. The van der Waals surface area contributed by atoms with Crippen LogP contribution in [0.3, 0.4) is 0 Å². The smallest absolute Gasteiger partial charge is 0.440 e. The van der Waals surface area contributed by atoms with E-state index in [1.54, 1.807) is 17.0 Å². The van der Waals surface area contributed by atoms with Crippen molar-refractivity contribution in [3.63, 3.8) is 0 Å². The number of ether oxygens (including phenoxy) is 2. The number of hydrogen-bond acceptors (Lipinski definition) is 4. The normalized spacial score (nSPS) is 22.6. The minimum Gasteiger partial charge on any atom is -0.440 e.